The first kappa shape index (κ1) is 21.1. The van der Waals surface area contributed by atoms with Crippen molar-refractivity contribution in [1.29, 1.82) is 0 Å². The molecule has 5 nitrogen and oxygen atoms in total. The molecule has 0 fully saturated rings. The van der Waals surface area contributed by atoms with Crippen LogP contribution in [0.5, 0.6) is 17.2 Å². The molecule has 0 aliphatic rings. The van der Waals surface area contributed by atoms with Gasteiger partial charge >= 0.3 is 0 Å². The van der Waals surface area contributed by atoms with Gasteiger partial charge in [-0.3, -0.25) is 0 Å². The van der Waals surface area contributed by atoms with Crippen molar-refractivity contribution in [3.63, 3.8) is 0 Å². The smallest absolute Gasteiger partial charge is 0.123 e. The molecule has 0 radical (unpaired) electrons. The summed E-state index contributed by atoms with van der Waals surface area (Å²) in [4.78, 5) is 0. The first-order chi connectivity index (χ1) is 12.8. The molecule has 1 atom stereocenters. The second-order valence-corrected chi connectivity index (χ2v) is 7.56. The number of benzene rings is 2. The molecule has 0 unspecified atom stereocenters. The van der Waals surface area contributed by atoms with Crippen LogP contribution in [0.2, 0.25) is 0 Å². The highest BCUT2D eigenvalue weighted by Gasteiger charge is 2.20. The molecule has 5 heteroatoms. The molecular weight excluding hydrogens is 342 g/mol. The molecule has 0 saturated heterocycles. The van der Waals surface area contributed by atoms with Gasteiger partial charge in [-0.05, 0) is 41.3 Å². The van der Waals surface area contributed by atoms with E-state index in [4.69, 9.17) is 14.2 Å². The number of ether oxygens (including phenoxy) is 3. The van der Waals surface area contributed by atoms with Gasteiger partial charge in [0.2, 0.25) is 0 Å². The Morgan fingerprint density at radius 2 is 1.70 bits per heavy atom. The Kier molecular flexibility index (Phi) is 7.51. The first-order valence-electron chi connectivity index (χ1n) is 9.16. The van der Waals surface area contributed by atoms with Gasteiger partial charge in [0.1, 0.15) is 30.0 Å². The van der Waals surface area contributed by atoms with Gasteiger partial charge < -0.3 is 24.6 Å². The minimum Gasteiger partial charge on any atom is -0.497 e. The van der Waals surface area contributed by atoms with Gasteiger partial charge in [0.05, 0.1) is 14.2 Å². The summed E-state index contributed by atoms with van der Waals surface area (Å²) >= 11 is 0. The molecule has 27 heavy (non-hydrogen) atoms. The SMILES string of the molecule is COc1cccc(CNC[C@H](O)COc2ccc(OC)cc2C(C)(C)C)c1. The largest absolute Gasteiger partial charge is 0.497 e. The Balaban J connectivity index is 1.87. The van der Waals surface area contributed by atoms with E-state index in [0.717, 1.165) is 28.4 Å². The normalized spacial score (nSPS) is 12.5. The third-order valence-corrected chi connectivity index (χ3v) is 4.27. The maximum atomic E-state index is 10.2. The monoisotopic (exact) mass is 373 g/mol. The lowest BCUT2D eigenvalue weighted by molar-refractivity contribution is 0.105. The average molecular weight is 373 g/mol. The van der Waals surface area contributed by atoms with Crippen molar-refractivity contribution < 1.29 is 19.3 Å². The zero-order chi connectivity index (χ0) is 19.9. The molecule has 0 aliphatic carbocycles. The quantitative estimate of drug-likeness (QED) is 0.704. The molecule has 148 valence electrons. The van der Waals surface area contributed by atoms with E-state index in [-0.39, 0.29) is 12.0 Å². The molecular formula is C22H31NO4. The zero-order valence-corrected chi connectivity index (χ0v) is 16.9. The van der Waals surface area contributed by atoms with Crippen molar-refractivity contribution in [2.24, 2.45) is 0 Å². The molecule has 0 aromatic heterocycles. The van der Waals surface area contributed by atoms with E-state index in [2.05, 4.69) is 26.1 Å². The Morgan fingerprint density at radius 1 is 1.00 bits per heavy atom. The predicted molar refractivity (Wildman–Crippen MR) is 108 cm³/mol. The number of rotatable bonds is 9. The fourth-order valence-corrected chi connectivity index (χ4v) is 2.76. The second kappa shape index (κ2) is 9.62. The highest BCUT2D eigenvalue weighted by Crippen LogP contribution is 2.34. The molecule has 0 bridgehead atoms. The van der Waals surface area contributed by atoms with Crippen LogP contribution >= 0.6 is 0 Å². The molecule has 0 amide bonds. The third-order valence-electron chi connectivity index (χ3n) is 4.27. The van der Waals surface area contributed by atoms with Crippen molar-refractivity contribution in [1.82, 2.24) is 5.32 Å². The molecule has 0 aliphatic heterocycles. The van der Waals surface area contributed by atoms with Crippen molar-refractivity contribution in [3.8, 4) is 17.2 Å². The van der Waals surface area contributed by atoms with Crippen LogP contribution in [0.4, 0.5) is 0 Å². The highest BCUT2D eigenvalue weighted by molar-refractivity contribution is 5.44. The maximum Gasteiger partial charge on any atom is 0.123 e. The number of nitrogens with one attached hydrogen (secondary N) is 1. The van der Waals surface area contributed by atoms with Crippen molar-refractivity contribution >= 4 is 0 Å². The van der Waals surface area contributed by atoms with Crippen LogP contribution in [0.15, 0.2) is 42.5 Å². The van der Waals surface area contributed by atoms with Gasteiger partial charge in [0.25, 0.3) is 0 Å². The van der Waals surface area contributed by atoms with E-state index in [1.165, 1.54) is 0 Å². The first-order valence-corrected chi connectivity index (χ1v) is 9.16. The fourth-order valence-electron chi connectivity index (χ4n) is 2.76. The van der Waals surface area contributed by atoms with Crippen LogP contribution in [0.3, 0.4) is 0 Å². The topological polar surface area (TPSA) is 60.0 Å². The minimum atomic E-state index is -0.606. The Morgan fingerprint density at radius 3 is 2.37 bits per heavy atom. The third kappa shape index (κ3) is 6.45. The average Bonchev–Trinajstić information content (AvgIpc) is 2.65. The molecule has 2 N–H and O–H groups in total. The summed E-state index contributed by atoms with van der Waals surface area (Å²) in [6.07, 6.45) is -0.606. The van der Waals surface area contributed by atoms with E-state index in [9.17, 15) is 5.11 Å². The van der Waals surface area contributed by atoms with E-state index in [0.29, 0.717) is 13.1 Å². The lowest BCUT2D eigenvalue weighted by Crippen LogP contribution is -2.31. The van der Waals surface area contributed by atoms with Crippen LogP contribution in [0, 0.1) is 0 Å². The van der Waals surface area contributed by atoms with E-state index >= 15 is 0 Å². The van der Waals surface area contributed by atoms with Crippen LogP contribution in [0.1, 0.15) is 31.9 Å². The van der Waals surface area contributed by atoms with E-state index < -0.39 is 6.10 Å². The zero-order valence-electron chi connectivity index (χ0n) is 16.9. The maximum absolute atomic E-state index is 10.2. The van der Waals surface area contributed by atoms with Gasteiger partial charge in [-0.1, -0.05) is 32.9 Å². The second-order valence-electron chi connectivity index (χ2n) is 7.56. The predicted octanol–water partition coefficient (Wildman–Crippen LogP) is 3.53. The Hall–Kier alpha value is -2.24. The van der Waals surface area contributed by atoms with Crippen molar-refractivity contribution in [2.45, 2.75) is 38.8 Å². The summed E-state index contributed by atoms with van der Waals surface area (Å²) in [5.74, 6) is 2.40. The van der Waals surface area contributed by atoms with Gasteiger partial charge in [-0.15, -0.1) is 0 Å². The molecule has 2 aromatic rings. The van der Waals surface area contributed by atoms with Crippen molar-refractivity contribution in [2.75, 3.05) is 27.4 Å². The molecule has 2 aromatic carbocycles. The summed E-state index contributed by atoms with van der Waals surface area (Å²) in [6.45, 7) is 7.70. The minimum absolute atomic E-state index is 0.0839. The fraction of sp³-hybridized carbons (Fsp3) is 0.455. The summed E-state index contributed by atoms with van der Waals surface area (Å²) in [5.41, 5.74) is 2.07. The Bertz CT molecular complexity index is 724. The summed E-state index contributed by atoms with van der Waals surface area (Å²) in [5, 5.41) is 13.5. The van der Waals surface area contributed by atoms with Gasteiger partial charge in [-0.25, -0.2) is 0 Å². The standard InChI is InChI=1S/C22H31NO4/c1-22(2,3)20-12-19(26-5)9-10-21(20)27-15-17(24)14-23-13-16-7-6-8-18(11-16)25-4/h6-12,17,23-24H,13-15H2,1-5H3/t17-/m0/s1. The lowest BCUT2D eigenvalue weighted by atomic mass is 9.86. The van der Waals surface area contributed by atoms with Gasteiger partial charge in [0.15, 0.2) is 0 Å². The lowest BCUT2D eigenvalue weighted by Gasteiger charge is -2.24. The van der Waals surface area contributed by atoms with Gasteiger partial charge in [-0.2, -0.15) is 0 Å². The van der Waals surface area contributed by atoms with E-state index in [1.54, 1.807) is 14.2 Å². The van der Waals surface area contributed by atoms with Crippen LogP contribution in [0.25, 0.3) is 0 Å². The van der Waals surface area contributed by atoms with Crippen LogP contribution in [-0.4, -0.2) is 38.6 Å². The summed E-state index contributed by atoms with van der Waals surface area (Å²) < 4.78 is 16.4. The molecule has 2 rings (SSSR count). The number of aliphatic hydroxyl groups excluding tert-OH is 1. The van der Waals surface area contributed by atoms with Gasteiger partial charge in [0, 0.05) is 18.7 Å². The number of hydrogen-bond acceptors (Lipinski definition) is 5. The molecule has 0 saturated carbocycles. The Labute approximate surface area is 162 Å². The number of aliphatic hydroxyl groups is 1. The number of methoxy groups -OCH3 is 2. The van der Waals surface area contributed by atoms with E-state index in [1.807, 2.05) is 42.5 Å². The highest BCUT2D eigenvalue weighted by atomic mass is 16.5. The van der Waals surface area contributed by atoms with Crippen LogP contribution < -0.4 is 19.5 Å². The molecule has 0 heterocycles. The summed E-state index contributed by atoms with van der Waals surface area (Å²) in [6, 6.07) is 13.6. The van der Waals surface area contributed by atoms with Crippen LogP contribution in [-0.2, 0) is 12.0 Å². The van der Waals surface area contributed by atoms with Crippen molar-refractivity contribution in [3.05, 3.63) is 53.6 Å². The number of hydrogen-bond donors (Lipinski definition) is 2. The molecule has 0 spiro atoms. The summed E-state index contributed by atoms with van der Waals surface area (Å²) in [7, 11) is 3.30.